The number of alkyl halides is 3. The molecule has 0 aliphatic heterocycles. The fourth-order valence-corrected chi connectivity index (χ4v) is 2.06. The van der Waals surface area contributed by atoms with E-state index in [1.807, 2.05) is 0 Å². The zero-order valence-corrected chi connectivity index (χ0v) is 10.5. The second kappa shape index (κ2) is 4.69. The third-order valence-electron chi connectivity index (χ3n) is 2.96. The standard InChI is InChI=1S/C14H8F3N3O/c15-14(16,17)11-7-10(19-13(21)20-11)9-5-1-3-8-4-2-6-18-12(8)9/h1-7H,(H,19,20,21). The summed E-state index contributed by atoms with van der Waals surface area (Å²) in [5, 5.41) is 0.755. The van der Waals surface area contributed by atoms with Crippen LogP contribution in [0.3, 0.4) is 0 Å². The third-order valence-corrected chi connectivity index (χ3v) is 2.96. The Balaban J connectivity index is 2.29. The highest BCUT2D eigenvalue weighted by Gasteiger charge is 2.32. The highest BCUT2D eigenvalue weighted by molar-refractivity contribution is 5.92. The maximum Gasteiger partial charge on any atom is 0.431 e. The molecule has 0 bridgehead atoms. The van der Waals surface area contributed by atoms with E-state index in [9.17, 15) is 18.0 Å². The lowest BCUT2D eigenvalue weighted by Gasteiger charge is -2.09. The second-order valence-electron chi connectivity index (χ2n) is 4.36. The minimum Gasteiger partial charge on any atom is -0.302 e. The number of aromatic amines is 1. The van der Waals surface area contributed by atoms with Gasteiger partial charge in [0.25, 0.3) is 0 Å². The molecule has 0 aliphatic carbocycles. The molecule has 0 aliphatic rings. The van der Waals surface area contributed by atoms with Gasteiger partial charge in [-0.25, -0.2) is 4.79 Å². The van der Waals surface area contributed by atoms with Crippen molar-refractivity contribution < 1.29 is 13.2 Å². The summed E-state index contributed by atoms with van der Waals surface area (Å²) in [7, 11) is 0. The van der Waals surface area contributed by atoms with Crippen molar-refractivity contribution in [3.8, 4) is 11.3 Å². The minimum atomic E-state index is -4.64. The van der Waals surface area contributed by atoms with Gasteiger partial charge in [0.2, 0.25) is 0 Å². The minimum absolute atomic E-state index is 0.0598. The molecule has 4 nitrogen and oxygen atoms in total. The van der Waals surface area contributed by atoms with Crippen molar-refractivity contribution >= 4 is 10.9 Å². The molecule has 0 unspecified atom stereocenters. The Hall–Kier alpha value is -2.70. The summed E-state index contributed by atoms with van der Waals surface area (Å²) in [4.78, 5) is 20.8. The van der Waals surface area contributed by atoms with Crippen LogP contribution in [-0.2, 0) is 6.18 Å². The molecule has 0 saturated heterocycles. The number of pyridine rings is 1. The van der Waals surface area contributed by atoms with Crippen LogP contribution < -0.4 is 5.69 Å². The number of halogens is 3. The summed E-state index contributed by atoms with van der Waals surface area (Å²) in [6.45, 7) is 0. The van der Waals surface area contributed by atoms with Crippen LogP contribution in [0, 0.1) is 0 Å². The van der Waals surface area contributed by atoms with E-state index in [1.165, 1.54) is 6.20 Å². The Labute approximate surface area is 116 Å². The molecule has 3 aromatic rings. The highest BCUT2D eigenvalue weighted by atomic mass is 19.4. The molecule has 106 valence electrons. The van der Waals surface area contributed by atoms with E-state index in [1.54, 1.807) is 35.3 Å². The Bertz CT molecular complexity index is 866. The lowest BCUT2D eigenvalue weighted by atomic mass is 10.1. The molecule has 1 N–H and O–H groups in total. The van der Waals surface area contributed by atoms with Gasteiger partial charge in [-0.05, 0) is 12.1 Å². The molecule has 1 aromatic carbocycles. The number of rotatable bonds is 1. The first-order valence-corrected chi connectivity index (χ1v) is 5.98. The molecule has 3 rings (SSSR count). The molecule has 2 aromatic heterocycles. The summed E-state index contributed by atoms with van der Waals surface area (Å²) in [6, 6.07) is 9.35. The first-order chi connectivity index (χ1) is 9.95. The van der Waals surface area contributed by atoms with Crippen LogP contribution >= 0.6 is 0 Å². The average molecular weight is 291 g/mol. The van der Waals surface area contributed by atoms with Gasteiger partial charge in [0.15, 0.2) is 0 Å². The van der Waals surface area contributed by atoms with Crippen LogP contribution in [0.4, 0.5) is 13.2 Å². The van der Waals surface area contributed by atoms with Crippen molar-refractivity contribution in [2.24, 2.45) is 0 Å². The quantitative estimate of drug-likeness (QED) is 0.749. The monoisotopic (exact) mass is 291 g/mol. The van der Waals surface area contributed by atoms with Gasteiger partial charge in [-0.3, -0.25) is 4.98 Å². The van der Waals surface area contributed by atoms with E-state index in [0.717, 1.165) is 11.5 Å². The Morgan fingerprint density at radius 1 is 1.10 bits per heavy atom. The normalized spacial score (nSPS) is 11.8. The van der Waals surface area contributed by atoms with Crippen LogP contribution in [0.2, 0.25) is 0 Å². The van der Waals surface area contributed by atoms with Crippen LogP contribution in [0.15, 0.2) is 47.4 Å². The number of hydrogen-bond acceptors (Lipinski definition) is 3. The van der Waals surface area contributed by atoms with Gasteiger partial charge >= 0.3 is 11.9 Å². The predicted octanol–water partition coefficient (Wildman–Crippen LogP) is 3.00. The first kappa shape index (κ1) is 13.3. The van der Waals surface area contributed by atoms with Gasteiger partial charge in [-0.1, -0.05) is 24.3 Å². The molecule has 21 heavy (non-hydrogen) atoms. The maximum atomic E-state index is 12.8. The van der Waals surface area contributed by atoms with E-state index in [-0.39, 0.29) is 5.69 Å². The maximum absolute atomic E-state index is 12.8. The average Bonchev–Trinajstić information content (AvgIpc) is 2.45. The Kier molecular flexibility index (Phi) is 2.97. The second-order valence-corrected chi connectivity index (χ2v) is 4.36. The Morgan fingerprint density at radius 2 is 1.86 bits per heavy atom. The lowest BCUT2D eigenvalue weighted by Crippen LogP contribution is -2.19. The topological polar surface area (TPSA) is 58.6 Å². The number of hydrogen-bond donors (Lipinski definition) is 1. The summed E-state index contributed by atoms with van der Waals surface area (Å²) in [5.74, 6) is 0. The molecular weight excluding hydrogens is 283 g/mol. The first-order valence-electron chi connectivity index (χ1n) is 5.98. The van der Waals surface area contributed by atoms with Crippen molar-refractivity contribution in [3.63, 3.8) is 0 Å². The zero-order valence-electron chi connectivity index (χ0n) is 10.5. The van der Waals surface area contributed by atoms with E-state index >= 15 is 0 Å². The summed E-state index contributed by atoms with van der Waals surface area (Å²) < 4.78 is 38.3. The van der Waals surface area contributed by atoms with Crippen LogP contribution in [0.1, 0.15) is 5.69 Å². The third kappa shape index (κ3) is 2.49. The van der Waals surface area contributed by atoms with Crippen LogP contribution in [0.25, 0.3) is 22.2 Å². The number of para-hydroxylation sites is 1. The van der Waals surface area contributed by atoms with E-state index in [2.05, 4.69) is 9.97 Å². The van der Waals surface area contributed by atoms with Gasteiger partial charge in [0, 0.05) is 17.1 Å². The smallest absolute Gasteiger partial charge is 0.302 e. The van der Waals surface area contributed by atoms with Crippen molar-refractivity contribution in [2.75, 3.05) is 0 Å². The summed E-state index contributed by atoms with van der Waals surface area (Å²) in [5.41, 5.74) is -1.37. The molecule has 7 heteroatoms. The molecule has 0 atom stereocenters. The molecule has 2 heterocycles. The number of fused-ring (bicyclic) bond motifs is 1. The van der Waals surface area contributed by atoms with E-state index < -0.39 is 17.6 Å². The number of aromatic nitrogens is 3. The number of nitrogens with zero attached hydrogens (tertiary/aromatic N) is 2. The molecular formula is C14H8F3N3O. The number of benzene rings is 1. The van der Waals surface area contributed by atoms with Gasteiger partial charge in [-0.15, -0.1) is 0 Å². The van der Waals surface area contributed by atoms with Crippen molar-refractivity contribution in [3.05, 3.63) is 58.8 Å². The number of H-pyrrole nitrogens is 1. The molecule has 0 fully saturated rings. The molecule has 0 radical (unpaired) electrons. The highest BCUT2D eigenvalue weighted by Crippen LogP contribution is 2.30. The number of nitrogens with one attached hydrogen (secondary N) is 1. The largest absolute Gasteiger partial charge is 0.431 e. The van der Waals surface area contributed by atoms with Crippen molar-refractivity contribution in [2.45, 2.75) is 6.18 Å². The zero-order chi connectivity index (χ0) is 15.0. The Morgan fingerprint density at radius 3 is 2.62 bits per heavy atom. The van der Waals surface area contributed by atoms with Crippen molar-refractivity contribution in [1.82, 2.24) is 15.0 Å². The van der Waals surface area contributed by atoms with Gasteiger partial charge in [0.05, 0.1) is 11.2 Å². The molecule has 0 saturated carbocycles. The van der Waals surface area contributed by atoms with E-state index in [0.29, 0.717) is 11.1 Å². The van der Waals surface area contributed by atoms with Gasteiger partial charge in [0.1, 0.15) is 5.69 Å². The fourth-order valence-electron chi connectivity index (χ4n) is 2.06. The summed E-state index contributed by atoms with van der Waals surface area (Å²) in [6.07, 6.45) is -3.11. The summed E-state index contributed by atoms with van der Waals surface area (Å²) >= 11 is 0. The van der Waals surface area contributed by atoms with Gasteiger partial charge < -0.3 is 4.98 Å². The fraction of sp³-hybridized carbons (Fsp3) is 0.0714. The van der Waals surface area contributed by atoms with Gasteiger partial charge in [-0.2, -0.15) is 18.2 Å². The van der Waals surface area contributed by atoms with Crippen LogP contribution in [-0.4, -0.2) is 15.0 Å². The van der Waals surface area contributed by atoms with Crippen LogP contribution in [0.5, 0.6) is 0 Å². The SMILES string of the molecule is O=c1nc(-c2cccc3cccnc23)cc(C(F)(F)F)[nH]1. The lowest BCUT2D eigenvalue weighted by molar-refractivity contribution is -0.141. The molecule has 0 amide bonds. The predicted molar refractivity (Wildman–Crippen MR) is 70.6 cm³/mol. The molecule has 0 spiro atoms. The van der Waals surface area contributed by atoms with E-state index in [4.69, 9.17) is 0 Å². The van der Waals surface area contributed by atoms with Crippen molar-refractivity contribution in [1.29, 1.82) is 0 Å².